The van der Waals surface area contributed by atoms with Crippen LogP contribution in [0.2, 0.25) is 0 Å². The van der Waals surface area contributed by atoms with E-state index in [1.165, 1.54) is 44.1 Å². The minimum Gasteiger partial charge on any atom is -0.437 e. The van der Waals surface area contributed by atoms with Crippen LogP contribution >= 0.6 is 0 Å². The number of rotatable bonds is 8. The molecule has 0 unspecified atom stereocenters. The zero-order valence-electron chi connectivity index (χ0n) is 11.8. The Labute approximate surface area is 115 Å². The maximum atomic E-state index is 5.51. The lowest BCUT2D eigenvalue weighted by molar-refractivity contribution is 0.589. The van der Waals surface area contributed by atoms with E-state index in [0.717, 1.165) is 17.5 Å². The third-order valence-corrected chi connectivity index (χ3v) is 3.46. The van der Waals surface area contributed by atoms with Crippen LogP contribution in [0.25, 0.3) is 17.2 Å². The quantitative estimate of drug-likeness (QED) is 0.594. The summed E-state index contributed by atoms with van der Waals surface area (Å²) in [6.07, 6.45) is 10.8. The first-order chi connectivity index (χ1) is 9.33. The van der Waals surface area contributed by atoms with Gasteiger partial charge >= 0.3 is 0 Å². The summed E-state index contributed by atoms with van der Waals surface area (Å²) in [4.78, 5) is 4.38. The van der Waals surface area contributed by atoms with Crippen molar-refractivity contribution >= 4 is 17.2 Å². The lowest BCUT2D eigenvalue weighted by Crippen LogP contribution is -1.86. The van der Waals surface area contributed by atoms with E-state index in [1.807, 2.05) is 6.07 Å². The monoisotopic (exact) mass is 257 g/mol. The molecular weight excluding hydrogens is 234 g/mol. The van der Waals surface area contributed by atoms with Crippen LogP contribution in [0.4, 0.5) is 0 Å². The van der Waals surface area contributed by atoms with Crippen molar-refractivity contribution in [1.82, 2.24) is 4.98 Å². The van der Waals surface area contributed by atoms with Crippen LogP contribution in [0.15, 0.2) is 29.2 Å². The second-order valence-corrected chi connectivity index (χ2v) is 5.08. The van der Waals surface area contributed by atoms with E-state index in [-0.39, 0.29) is 0 Å². The zero-order chi connectivity index (χ0) is 13.5. The Morgan fingerprint density at radius 3 is 2.74 bits per heavy atom. The van der Waals surface area contributed by atoms with Crippen LogP contribution in [0.3, 0.4) is 0 Å². The first kappa shape index (κ1) is 13.9. The van der Waals surface area contributed by atoms with Gasteiger partial charge in [0, 0.05) is 0 Å². The molecule has 0 aliphatic carbocycles. The molecule has 0 bridgehead atoms. The summed E-state index contributed by atoms with van der Waals surface area (Å²) in [6.45, 7) is 5.93. The highest BCUT2D eigenvalue weighted by molar-refractivity contribution is 5.74. The van der Waals surface area contributed by atoms with Crippen LogP contribution in [0.5, 0.6) is 0 Å². The van der Waals surface area contributed by atoms with Crippen molar-refractivity contribution in [3.05, 3.63) is 36.2 Å². The van der Waals surface area contributed by atoms with Gasteiger partial charge in [0.05, 0.1) is 0 Å². The number of nitrogens with zero attached hydrogens (tertiary/aromatic N) is 1. The van der Waals surface area contributed by atoms with Crippen molar-refractivity contribution in [3.8, 4) is 0 Å². The smallest absolute Gasteiger partial charge is 0.219 e. The summed E-state index contributed by atoms with van der Waals surface area (Å²) in [6, 6.07) is 6.30. The molecule has 0 spiro atoms. The number of hydrogen-bond donors (Lipinski definition) is 0. The average Bonchev–Trinajstić information content (AvgIpc) is 2.85. The van der Waals surface area contributed by atoms with Gasteiger partial charge < -0.3 is 4.42 Å². The third-order valence-electron chi connectivity index (χ3n) is 3.46. The van der Waals surface area contributed by atoms with E-state index in [2.05, 4.69) is 30.6 Å². The SMILES string of the molecule is C=Cc1nc2cc(CCCCCCCC)ccc2o1. The summed E-state index contributed by atoms with van der Waals surface area (Å²) < 4.78 is 5.51. The molecule has 0 atom stereocenters. The molecule has 0 amide bonds. The van der Waals surface area contributed by atoms with E-state index in [1.54, 1.807) is 6.08 Å². The standard InChI is InChI=1S/C17H23NO/c1-3-5-6-7-8-9-10-14-11-12-16-15(13-14)18-17(4-2)19-16/h4,11-13H,2-3,5-10H2,1H3. The Bertz CT molecular complexity index is 527. The van der Waals surface area contributed by atoms with Gasteiger partial charge in [-0.1, -0.05) is 51.7 Å². The summed E-state index contributed by atoms with van der Waals surface area (Å²) in [5.74, 6) is 0.603. The van der Waals surface area contributed by atoms with Crippen molar-refractivity contribution in [3.63, 3.8) is 0 Å². The van der Waals surface area contributed by atoms with Gasteiger partial charge in [0.2, 0.25) is 5.89 Å². The lowest BCUT2D eigenvalue weighted by Gasteiger charge is -2.01. The highest BCUT2D eigenvalue weighted by atomic mass is 16.3. The molecule has 2 rings (SSSR count). The van der Waals surface area contributed by atoms with Crippen LogP contribution in [-0.2, 0) is 6.42 Å². The van der Waals surface area contributed by atoms with Crippen molar-refractivity contribution in [2.45, 2.75) is 51.9 Å². The van der Waals surface area contributed by atoms with Crippen LogP contribution < -0.4 is 0 Å². The van der Waals surface area contributed by atoms with E-state index < -0.39 is 0 Å². The second kappa shape index (κ2) is 7.13. The minimum absolute atomic E-state index is 0.603. The number of aromatic nitrogens is 1. The van der Waals surface area contributed by atoms with Crippen LogP contribution in [-0.4, -0.2) is 4.98 Å². The van der Waals surface area contributed by atoms with Crippen molar-refractivity contribution < 1.29 is 4.42 Å². The van der Waals surface area contributed by atoms with E-state index in [0.29, 0.717) is 5.89 Å². The topological polar surface area (TPSA) is 26.0 Å². The molecule has 0 fully saturated rings. The molecule has 19 heavy (non-hydrogen) atoms. The summed E-state index contributed by atoms with van der Waals surface area (Å²) in [5, 5.41) is 0. The number of aryl methyl sites for hydroxylation is 1. The first-order valence-electron chi connectivity index (χ1n) is 7.35. The van der Waals surface area contributed by atoms with E-state index in [4.69, 9.17) is 4.42 Å². The van der Waals surface area contributed by atoms with Crippen LogP contribution in [0.1, 0.15) is 56.9 Å². The van der Waals surface area contributed by atoms with Gasteiger partial charge in [-0.3, -0.25) is 0 Å². The van der Waals surface area contributed by atoms with Gasteiger partial charge in [-0.25, -0.2) is 4.98 Å². The molecular formula is C17H23NO. The fraction of sp³-hybridized carbons (Fsp3) is 0.471. The third kappa shape index (κ3) is 3.95. The fourth-order valence-corrected chi connectivity index (χ4v) is 2.34. The molecule has 1 heterocycles. The Morgan fingerprint density at radius 1 is 1.16 bits per heavy atom. The molecule has 1 aromatic carbocycles. The van der Waals surface area contributed by atoms with Gasteiger partial charge in [-0.2, -0.15) is 0 Å². The highest BCUT2D eigenvalue weighted by Gasteiger charge is 2.03. The molecule has 102 valence electrons. The summed E-state index contributed by atoms with van der Waals surface area (Å²) in [5.41, 5.74) is 3.15. The van der Waals surface area contributed by atoms with Crippen molar-refractivity contribution in [1.29, 1.82) is 0 Å². The molecule has 0 saturated heterocycles. The maximum Gasteiger partial charge on any atom is 0.219 e. The van der Waals surface area contributed by atoms with Gasteiger partial charge in [0.25, 0.3) is 0 Å². The van der Waals surface area contributed by atoms with Gasteiger partial charge in [-0.15, -0.1) is 0 Å². The number of oxazole rings is 1. The minimum atomic E-state index is 0.603. The Kier molecular flexibility index (Phi) is 5.20. The van der Waals surface area contributed by atoms with E-state index >= 15 is 0 Å². The fourth-order valence-electron chi connectivity index (χ4n) is 2.34. The number of fused-ring (bicyclic) bond motifs is 1. The molecule has 1 aromatic heterocycles. The molecule has 0 aliphatic rings. The predicted octanol–water partition coefficient (Wildman–Crippen LogP) is 5.37. The molecule has 0 aliphatic heterocycles. The predicted molar refractivity (Wildman–Crippen MR) is 81.2 cm³/mol. The highest BCUT2D eigenvalue weighted by Crippen LogP contribution is 2.19. The molecule has 0 radical (unpaired) electrons. The van der Waals surface area contributed by atoms with Crippen molar-refractivity contribution in [2.24, 2.45) is 0 Å². The number of unbranched alkanes of at least 4 members (excludes halogenated alkanes) is 5. The molecule has 0 N–H and O–H groups in total. The molecule has 2 heteroatoms. The number of hydrogen-bond acceptors (Lipinski definition) is 2. The molecule has 0 saturated carbocycles. The maximum absolute atomic E-state index is 5.51. The van der Waals surface area contributed by atoms with E-state index in [9.17, 15) is 0 Å². The van der Waals surface area contributed by atoms with Gasteiger partial charge in [-0.05, 0) is 36.6 Å². The largest absolute Gasteiger partial charge is 0.437 e. The van der Waals surface area contributed by atoms with Crippen LogP contribution in [0, 0.1) is 0 Å². The van der Waals surface area contributed by atoms with Gasteiger partial charge in [0.15, 0.2) is 5.58 Å². The Balaban J connectivity index is 1.85. The normalized spacial score (nSPS) is 11.0. The lowest BCUT2D eigenvalue weighted by atomic mass is 10.0. The zero-order valence-corrected chi connectivity index (χ0v) is 11.8. The summed E-state index contributed by atoms with van der Waals surface area (Å²) in [7, 11) is 0. The molecule has 2 nitrogen and oxygen atoms in total. The second-order valence-electron chi connectivity index (χ2n) is 5.08. The average molecular weight is 257 g/mol. The number of benzene rings is 1. The Hall–Kier alpha value is -1.57. The Morgan fingerprint density at radius 2 is 1.95 bits per heavy atom. The van der Waals surface area contributed by atoms with Crippen molar-refractivity contribution in [2.75, 3.05) is 0 Å². The van der Waals surface area contributed by atoms with Gasteiger partial charge in [0.1, 0.15) is 5.52 Å². The first-order valence-corrected chi connectivity index (χ1v) is 7.35. The summed E-state index contributed by atoms with van der Waals surface area (Å²) >= 11 is 0. The molecule has 2 aromatic rings.